The van der Waals surface area contributed by atoms with Crippen LogP contribution in [-0.4, -0.2) is 6.79 Å². The summed E-state index contributed by atoms with van der Waals surface area (Å²) in [7, 11) is 0. The first-order valence-corrected chi connectivity index (χ1v) is 7.43. The molecule has 0 fully saturated rings. The summed E-state index contributed by atoms with van der Waals surface area (Å²) in [5, 5.41) is 0. The van der Waals surface area contributed by atoms with E-state index in [0.29, 0.717) is 0 Å². The third-order valence-electron chi connectivity index (χ3n) is 3.35. The molecule has 0 aliphatic heterocycles. The number of rotatable bonds is 1. The summed E-state index contributed by atoms with van der Waals surface area (Å²) in [5.74, 6) is 0. The van der Waals surface area contributed by atoms with Gasteiger partial charge in [0.05, 0.1) is 0 Å². The Hall–Kier alpha value is -1.89. The minimum Gasteiger partial charge on any atom is -0.307 e. The number of aryl methyl sites for hydroxylation is 4. The minimum absolute atomic E-state index is 1.25. The second-order valence-corrected chi connectivity index (χ2v) is 5.31. The Labute approximate surface area is 130 Å². The van der Waals surface area contributed by atoms with Crippen molar-refractivity contribution in [2.45, 2.75) is 48.0 Å². The molecule has 0 saturated carbocycles. The zero-order valence-electron chi connectivity index (χ0n) is 14.3. The minimum atomic E-state index is 1.25. The Balaban J connectivity index is 0.000000713. The van der Waals surface area contributed by atoms with Gasteiger partial charge >= 0.3 is 0 Å². The van der Waals surface area contributed by atoms with Gasteiger partial charge < -0.3 is 4.79 Å². The number of carbonyl (C=O) groups is 1. The van der Waals surface area contributed by atoms with Crippen molar-refractivity contribution >= 4 is 6.79 Å². The van der Waals surface area contributed by atoms with Crippen molar-refractivity contribution in [3.05, 3.63) is 58.7 Å². The summed E-state index contributed by atoms with van der Waals surface area (Å²) in [4.78, 5) is 8.00. The molecule has 21 heavy (non-hydrogen) atoms. The van der Waals surface area contributed by atoms with Crippen LogP contribution in [0.3, 0.4) is 0 Å². The first-order chi connectivity index (χ1) is 9.99. The number of benzene rings is 2. The zero-order valence-corrected chi connectivity index (χ0v) is 14.3. The van der Waals surface area contributed by atoms with Gasteiger partial charge in [0.15, 0.2) is 0 Å². The van der Waals surface area contributed by atoms with Gasteiger partial charge in [0.1, 0.15) is 6.79 Å². The molecule has 2 rings (SSSR count). The average molecular weight is 284 g/mol. The lowest BCUT2D eigenvalue weighted by Gasteiger charge is -2.08. The summed E-state index contributed by atoms with van der Waals surface area (Å²) in [6.07, 6.45) is 1.25. The van der Waals surface area contributed by atoms with E-state index in [1.807, 2.05) is 6.79 Å². The van der Waals surface area contributed by atoms with Gasteiger partial charge in [-0.1, -0.05) is 56.7 Å². The fraction of sp³-hybridized carbons (Fsp3) is 0.350. The Morgan fingerprint density at radius 2 is 0.952 bits per heavy atom. The Morgan fingerprint density at radius 1 is 0.667 bits per heavy atom. The molecule has 0 radical (unpaired) electrons. The number of carbonyl (C=O) groups excluding carboxylic acids is 1. The summed E-state index contributed by atoms with van der Waals surface area (Å²) in [5.41, 5.74) is 8.05. The molecule has 0 heterocycles. The van der Waals surface area contributed by atoms with Crippen molar-refractivity contribution in [1.29, 1.82) is 0 Å². The SMILES string of the molecule is C=O.CCC.Cc1ccc(-c2ccc(C)c(C)c2)cc1C. The number of hydrogen-bond donors (Lipinski definition) is 0. The van der Waals surface area contributed by atoms with E-state index in [9.17, 15) is 0 Å². The molecule has 0 N–H and O–H groups in total. The molecule has 1 nitrogen and oxygen atoms in total. The summed E-state index contributed by atoms with van der Waals surface area (Å²) in [6, 6.07) is 13.3. The van der Waals surface area contributed by atoms with Gasteiger partial charge in [-0.25, -0.2) is 0 Å². The molecule has 0 bridgehead atoms. The molecule has 0 aromatic heterocycles. The monoisotopic (exact) mass is 284 g/mol. The van der Waals surface area contributed by atoms with Crippen LogP contribution in [0, 0.1) is 27.7 Å². The summed E-state index contributed by atoms with van der Waals surface area (Å²) in [6.45, 7) is 14.9. The van der Waals surface area contributed by atoms with Crippen LogP contribution in [0.25, 0.3) is 11.1 Å². The van der Waals surface area contributed by atoms with Crippen LogP contribution in [-0.2, 0) is 4.79 Å². The van der Waals surface area contributed by atoms with Crippen molar-refractivity contribution in [2.75, 3.05) is 0 Å². The highest BCUT2D eigenvalue weighted by molar-refractivity contribution is 5.66. The zero-order chi connectivity index (χ0) is 16.4. The van der Waals surface area contributed by atoms with Crippen LogP contribution in [0.15, 0.2) is 36.4 Å². The average Bonchev–Trinajstić information content (AvgIpc) is 2.48. The van der Waals surface area contributed by atoms with Crippen molar-refractivity contribution in [3.63, 3.8) is 0 Å². The molecule has 0 aliphatic carbocycles. The molecule has 0 aliphatic rings. The van der Waals surface area contributed by atoms with Gasteiger partial charge in [-0.05, 0) is 61.1 Å². The Kier molecular flexibility index (Phi) is 9.03. The Morgan fingerprint density at radius 3 is 1.19 bits per heavy atom. The standard InChI is InChI=1S/C16H18.C3H8.CH2O/c1-11-5-7-15(9-13(11)3)16-8-6-12(2)14(4)10-16;1-3-2;1-2/h5-10H,1-4H3;3H2,1-2H3;1H2. The van der Waals surface area contributed by atoms with Gasteiger partial charge in [-0.2, -0.15) is 0 Å². The first kappa shape index (κ1) is 19.1. The third kappa shape index (κ3) is 5.95. The van der Waals surface area contributed by atoms with Crippen LogP contribution in [0.1, 0.15) is 42.5 Å². The smallest absolute Gasteiger partial charge is 0.106 e. The van der Waals surface area contributed by atoms with Crippen LogP contribution in [0.2, 0.25) is 0 Å². The molecule has 2 aromatic rings. The molecular weight excluding hydrogens is 256 g/mol. The summed E-state index contributed by atoms with van der Waals surface area (Å²) < 4.78 is 0. The van der Waals surface area contributed by atoms with E-state index < -0.39 is 0 Å². The van der Waals surface area contributed by atoms with E-state index in [-0.39, 0.29) is 0 Å². The predicted molar refractivity (Wildman–Crippen MR) is 93.9 cm³/mol. The molecule has 1 heteroatoms. The Bertz CT molecular complexity index is 506. The van der Waals surface area contributed by atoms with Gasteiger partial charge in [0, 0.05) is 0 Å². The van der Waals surface area contributed by atoms with Crippen LogP contribution < -0.4 is 0 Å². The third-order valence-corrected chi connectivity index (χ3v) is 3.35. The fourth-order valence-corrected chi connectivity index (χ4v) is 1.84. The van der Waals surface area contributed by atoms with Crippen molar-refractivity contribution in [2.24, 2.45) is 0 Å². The van der Waals surface area contributed by atoms with E-state index in [0.717, 1.165) is 0 Å². The molecule has 0 unspecified atom stereocenters. The van der Waals surface area contributed by atoms with Gasteiger partial charge in [0.2, 0.25) is 0 Å². The van der Waals surface area contributed by atoms with E-state index in [1.165, 1.54) is 39.8 Å². The molecule has 0 amide bonds. The van der Waals surface area contributed by atoms with Gasteiger partial charge in [-0.3, -0.25) is 0 Å². The fourth-order valence-electron chi connectivity index (χ4n) is 1.84. The summed E-state index contributed by atoms with van der Waals surface area (Å²) >= 11 is 0. The van der Waals surface area contributed by atoms with Crippen molar-refractivity contribution < 1.29 is 4.79 Å². The second kappa shape index (κ2) is 9.93. The molecule has 0 saturated heterocycles. The lowest BCUT2D eigenvalue weighted by Crippen LogP contribution is -1.86. The molecule has 0 spiro atoms. The normalized spacial score (nSPS) is 9.05. The molecule has 2 aromatic carbocycles. The quantitative estimate of drug-likeness (QED) is 0.645. The molecule has 0 atom stereocenters. The highest BCUT2D eigenvalue weighted by Crippen LogP contribution is 2.24. The lowest BCUT2D eigenvalue weighted by atomic mass is 9.98. The van der Waals surface area contributed by atoms with E-state index in [2.05, 4.69) is 77.9 Å². The predicted octanol–water partition coefficient (Wildman–Crippen LogP) is 5.82. The maximum Gasteiger partial charge on any atom is 0.106 e. The highest BCUT2D eigenvalue weighted by atomic mass is 16.1. The van der Waals surface area contributed by atoms with Gasteiger partial charge in [0.25, 0.3) is 0 Å². The topological polar surface area (TPSA) is 17.1 Å². The maximum atomic E-state index is 8.00. The molecular formula is C20H28O. The van der Waals surface area contributed by atoms with Gasteiger partial charge in [-0.15, -0.1) is 0 Å². The first-order valence-electron chi connectivity index (χ1n) is 7.43. The lowest BCUT2D eigenvalue weighted by molar-refractivity contribution is -0.0979. The van der Waals surface area contributed by atoms with Crippen molar-refractivity contribution in [3.8, 4) is 11.1 Å². The second-order valence-electron chi connectivity index (χ2n) is 5.31. The van der Waals surface area contributed by atoms with Crippen molar-refractivity contribution in [1.82, 2.24) is 0 Å². The maximum absolute atomic E-state index is 8.00. The van der Waals surface area contributed by atoms with E-state index >= 15 is 0 Å². The number of hydrogen-bond acceptors (Lipinski definition) is 1. The van der Waals surface area contributed by atoms with Crippen LogP contribution in [0.5, 0.6) is 0 Å². The molecule has 114 valence electrons. The highest BCUT2D eigenvalue weighted by Gasteiger charge is 2.01. The van der Waals surface area contributed by atoms with E-state index in [1.54, 1.807) is 0 Å². The van der Waals surface area contributed by atoms with Crippen LogP contribution in [0.4, 0.5) is 0 Å². The largest absolute Gasteiger partial charge is 0.307 e. The van der Waals surface area contributed by atoms with E-state index in [4.69, 9.17) is 4.79 Å². The van der Waals surface area contributed by atoms with Crippen LogP contribution >= 0.6 is 0 Å².